The zero-order valence-electron chi connectivity index (χ0n) is 16.6. The molecular weight excluding hydrogens is 365 g/mol. The number of benzene rings is 1. The highest BCUT2D eigenvalue weighted by Gasteiger charge is 2.30. The molecule has 0 unspecified atom stereocenters. The third-order valence-electron chi connectivity index (χ3n) is 3.74. The van der Waals surface area contributed by atoms with E-state index in [1.54, 1.807) is 18.2 Å². The van der Waals surface area contributed by atoms with E-state index < -0.39 is 17.8 Å². The number of carbonyl (C=O) groups is 2. The summed E-state index contributed by atoms with van der Waals surface area (Å²) in [4.78, 5) is 26.1. The molecule has 1 aliphatic heterocycles. The Morgan fingerprint density at radius 3 is 2.36 bits per heavy atom. The first-order valence-electron chi connectivity index (χ1n) is 8.66. The molecule has 0 saturated carbocycles. The zero-order valence-corrected chi connectivity index (χ0v) is 16.6. The third kappa shape index (κ3) is 4.79. The van der Waals surface area contributed by atoms with Crippen LogP contribution in [0.2, 0.25) is 0 Å². The summed E-state index contributed by atoms with van der Waals surface area (Å²) in [5.41, 5.74) is -0.0876. The fourth-order valence-corrected chi connectivity index (χ4v) is 2.47. The number of nitrogens with zero attached hydrogens (tertiary/aromatic N) is 1. The van der Waals surface area contributed by atoms with Crippen LogP contribution >= 0.6 is 0 Å². The van der Waals surface area contributed by atoms with E-state index in [0.29, 0.717) is 0 Å². The molecule has 0 bridgehead atoms. The second-order valence-corrected chi connectivity index (χ2v) is 7.25. The van der Waals surface area contributed by atoms with E-state index in [2.05, 4.69) is 0 Å². The molecule has 28 heavy (non-hydrogen) atoms. The maximum atomic E-state index is 14.6. The van der Waals surface area contributed by atoms with Crippen molar-refractivity contribution in [3.05, 3.63) is 59.7 Å². The largest absolute Gasteiger partial charge is 0.488 e. The Kier molecular flexibility index (Phi) is 6.62. The van der Waals surface area contributed by atoms with Crippen LogP contribution in [0.5, 0.6) is 5.75 Å². The lowest BCUT2D eigenvalue weighted by molar-refractivity contribution is -0.139. The molecule has 0 aliphatic carbocycles. The van der Waals surface area contributed by atoms with Crippen molar-refractivity contribution in [1.29, 1.82) is 0 Å². The van der Waals surface area contributed by atoms with Gasteiger partial charge in [0.2, 0.25) is 0 Å². The van der Waals surface area contributed by atoms with Gasteiger partial charge in [-0.3, -0.25) is 0 Å². The van der Waals surface area contributed by atoms with Crippen molar-refractivity contribution in [1.82, 2.24) is 0 Å². The molecule has 0 radical (unpaired) electrons. The van der Waals surface area contributed by atoms with Crippen LogP contribution in [0.15, 0.2) is 53.9 Å². The van der Waals surface area contributed by atoms with E-state index in [4.69, 9.17) is 14.2 Å². The third-order valence-corrected chi connectivity index (χ3v) is 3.74. The van der Waals surface area contributed by atoms with Crippen LogP contribution in [0, 0.1) is 11.2 Å². The van der Waals surface area contributed by atoms with Crippen molar-refractivity contribution in [2.45, 2.75) is 20.8 Å². The van der Waals surface area contributed by atoms with Gasteiger partial charge in [-0.2, -0.15) is 0 Å². The number of esters is 2. The molecule has 0 spiro atoms. The van der Waals surface area contributed by atoms with Crippen LogP contribution in [-0.2, 0) is 19.1 Å². The van der Waals surface area contributed by atoms with Crippen LogP contribution in [0.4, 0.5) is 10.1 Å². The number of ether oxygens (including phenoxy) is 3. The first-order valence-corrected chi connectivity index (χ1v) is 8.66. The highest BCUT2D eigenvalue weighted by Crippen LogP contribution is 2.36. The summed E-state index contributed by atoms with van der Waals surface area (Å²) in [5.74, 6) is -2.12. The molecule has 0 N–H and O–H groups in total. The number of halogens is 1. The molecule has 0 fully saturated rings. The standard InChI is InChI=1S/C21H24FNO5/c1-21(2,3)13-28-18-15(22)10-8-11-16(18)23-12-7-6-9-14(19(24)26-4)17(23)20(25)27-5/h6-12H,13H2,1-5H3. The van der Waals surface area contributed by atoms with Gasteiger partial charge in [0.15, 0.2) is 11.6 Å². The molecular formula is C21H24FNO5. The summed E-state index contributed by atoms with van der Waals surface area (Å²) in [6.07, 6.45) is 6.14. The predicted octanol–water partition coefficient (Wildman–Crippen LogP) is 3.74. The Hall–Kier alpha value is -3.09. The Morgan fingerprint density at radius 2 is 1.75 bits per heavy atom. The van der Waals surface area contributed by atoms with Gasteiger partial charge in [0.1, 0.15) is 5.70 Å². The van der Waals surface area contributed by atoms with Gasteiger partial charge in [-0.05, 0) is 29.7 Å². The smallest absolute Gasteiger partial charge is 0.355 e. The maximum absolute atomic E-state index is 14.6. The van der Waals surface area contributed by atoms with Gasteiger partial charge in [0.05, 0.1) is 32.1 Å². The predicted molar refractivity (Wildman–Crippen MR) is 103 cm³/mol. The molecule has 150 valence electrons. The van der Waals surface area contributed by atoms with Gasteiger partial charge in [0, 0.05) is 6.20 Å². The number of hydrogen-bond donors (Lipinski definition) is 0. The van der Waals surface area contributed by atoms with Crippen LogP contribution < -0.4 is 9.64 Å². The van der Waals surface area contributed by atoms with Gasteiger partial charge in [-0.1, -0.05) is 32.9 Å². The number of anilines is 1. The van der Waals surface area contributed by atoms with Gasteiger partial charge in [-0.25, -0.2) is 14.0 Å². The minimum atomic E-state index is -0.775. The van der Waals surface area contributed by atoms with Crippen LogP contribution in [0.3, 0.4) is 0 Å². The molecule has 7 heteroatoms. The molecule has 0 aromatic heterocycles. The number of para-hydroxylation sites is 1. The average Bonchev–Trinajstić information content (AvgIpc) is 2.87. The van der Waals surface area contributed by atoms with E-state index in [1.807, 2.05) is 20.8 Å². The topological polar surface area (TPSA) is 65.1 Å². The number of hydrogen-bond acceptors (Lipinski definition) is 6. The number of rotatable bonds is 5. The summed E-state index contributed by atoms with van der Waals surface area (Å²) in [7, 11) is 2.41. The Morgan fingerprint density at radius 1 is 1.07 bits per heavy atom. The molecule has 1 heterocycles. The van der Waals surface area contributed by atoms with E-state index >= 15 is 0 Å². The highest BCUT2D eigenvalue weighted by atomic mass is 19.1. The maximum Gasteiger partial charge on any atom is 0.355 e. The Bertz CT molecular complexity index is 849. The van der Waals surface area contributed by atoms with Gasteiger partial charge < -0.3 is 19.1 Å². The fourth-order valence-electron chi connectivity index (χ4n) is 2.47. The quantitative estimate of drug-likeness (QED) is 0.715. The summed E-state index contributed by atoms with van der Waals surface area (Å²) in [5, 5.41) is 0. The first-order chi connectivity index (χ1) is 13.2. The highest BCUT2D eigenvalue weighted by molar-refractivity contribution is 6.05. The van der Waals surface area contributed by atoms with E-state index in [-0.39, 0.29) is 34.7 Å². The molecule has 0 atom stereocenters. The van der Waals surface area contributed by atoms with Crippen molar-refractivity contribution in [3.8, 4) is 5.75 Å². The lowest BCUT2D eigenvalue weighted by atomic mass is 9.99. The normalized spacial score (nSPS) is 14.0. The van der Waals surface area contributed by atoms with E-state index in [9.17, 15) is 14.0 Å². The van der Waals surface area contributed by atoms with Crippen LogP contribution in [0.25, 0.3) is 0 Å². The lowest BCUT2D eigenvalue weighted by Crippen LogP contribution is -2.28. The number of carbonyl (C=O) groups excluding carboxylic acids is 2. The number of methoxy groups -OCH3 is 2. The monoisotopic (exact) mass is 389 g/mol. The molecule has 1 aliphatic rings. The second kappa shape index (κ2) is 8.73. The van der Waals surface area contributed by atoms with E-state index in [1.165, 1.54) is 43.5 Å². The average molecular weight is 389 g/mol. The van der Waals surface area contributed by atoms with Crippen LogP contribution in [-0.4, -0.2) is 32.8 Å². The van der Waals surface area contributed by atoms with Crippen molar-refractivity contribution in [2.24, 2.45) is 5.41 Å². The Labute approximate surface area is 163 Å². The Balaban J connectivity index is 2.65. The minimum Gasteiger partial charge on any atom is -0.488 e. The summed E-state index contributed by atoms with van der Waals surface area (Å²) >= 11 is 0. The van der Waals surface area contributed by atoms with Crippen molar-refractivity contribution in [2.75, 3.05) is 25.7 Å². The molecule has 0 saturated heterocycles. The van der Waals surface area contributed by atoms with Crippen LogP contribution in [0.1, 0.15) is 20.8 Å². The van der Waals surface area contributed by atoms with Crippen molar-refractivity contribution in [3.63, 3.8) is 0 Å². The molecule has 1 aromatic carbocycles. The minimum absolute atomic E-state index is 0.0228. The summed E-state index contributed by atoms with van der Waals surface area (Å²) < 4.78 is 30.0. The molecule has 0 amide bonds. The fraction of sp³-hybridized carbons (Fsp3) is 0.333. The van der Waals surface area contributed by atoms with E-state index in [0.717, 1.165) is 0 Å². The lowest BCUT2D eigenvalue weighted by Gasteiger charge is -2.27. The molecule has 6 nitrogen and oxygen atoms in total. The molecule has 2 rings (SSSR count). The van der Waals surface area contributed by atoms with Gasteiger partial charge >= 0.3 is 11.9 Å². The van der Waals surface area contributed by atoms with Crippen molar-refractivity contribution < 1.29 is 28.2 Å². The summed E-state index contributed by atoms with van der Waals surface area (Å²) in [6.45, 7) is 6.12. The SMILES string of the molecule is COC(=O)C1=C(C(=O)OC)N(c2cccc(F)c2OCC(C)(C)C)C=CC=C1. The van der Waals surface area contributed by atoms with Gasteiger partial charge in [0.25, 0.3) is 0 Å². The van der Waals surface area contributed by atoms with Gasteiger partial charge in [-0.15, -0.1) is 0 Å². The number of allylic oxidation sites excluding steroid dienone is 2. The first kappa shape index (κ1) is 21.2. The second-order valence-electron chi connectivity index (χ2n) is 7.25. The summed E-state index contributed by atoms with van der Waals surface area (Å²) in [6, 6.07) is 4.35. The van der Waals surface area contributed by atoms with Crippen molar-refractivity contribution >= 4 is 17.6 Å². The zero-order chi connectivity index (χ0) is 20.9. The molecule has 1 aromatic rings.